The zero-order valence-electron chi connectivity index (χ0n) is 18.0. The van der Waals surface area contributed by atoms with Gasteiger partial charge < -0.3 is 9.80 Å². The molecule has 6 heteroatoms. The summed E-state index contributed by atoms with van der Waals surface area (Å²) in [5.41, 5.74) is 0.762. The van der Waals surface area contributed by atoms with Gasteiger partial charge in [-0.2, -0.15) is 0 Å². The summed E-state index contributed by atoms with van der Waals surface area (Å²) in [4.78, 5) is 34.0. The fourth-order valence-corrected chi connectivity index (χ4v) is 5.50. The van der Waals surface area contributed by atoms with E-state index in [0.717, 1.165) is 64.2 Å². The maximum Gasteiger partial charge on any atom is 0.253 e. The van der Waals surface area contributed by atoms with Gasteiger partial charge in [0.1, 0.15) is 0 Å². The highest BCUT2D eigenvalue weighted by Gasteiger charge is 2.45. The van der Waals surface area contributed by atoms with E-state index in [9.17, 15) is 9.59 Å². The van der Waals surface area contributed by atoms with Crippen molar-refractivity contribution in [2.45, 2.75) is 51.2 Å². The summed E-state index contributed by atoms with van der Waals surface area (Å²) < 4.78 is 0. The van der Waals surface area contributed by atoms with Crippen LogP contribution in [0.2, 0.25) is 0 Å². The normalized spacial score (nSPS) is 26.2. The van der Waals surface area contributed by atoms with Gasteiger partial charge in [0.05, 0.1) is 0 Å². The van der Waals surface area contributed by atoms with Crippen molar-refractivity contribution in [2.24, 2.45) is 0 Å². The quantitative estimate of drug-likeness (QED) is 0.764. The third-order valence-electron chi connectivity index (χ3n) is 7.03. The van der Waals surface area contributed by atoms with Crippen molar-refractivity contribution in [2.75, 3.05) is 45.8 Å². The minimum Gasteiger partial charge on any atom is -0.343 e. The summed E-state index contributed by atoms with van der Waals surface area (Å²) in [7, 11) is 0. The molecule has 29 heavy (non-hydrogen) atoms. The maximum atomic E-state index is 13.1. The molecule has 0 radical (unpaired) electrons. The molecule has 0 spiro atoms. The molecular weight excluding hydrogens is 364 g/mol. The van der Waals surface area contributed by atoms with Crippen LogP contribution in [0.5, 0.6) is 0 Å². The minimum atomic E-state index is -0.0164. The second-order valence-electron chi connectivity index (χ2n) is 9.44. The lowest BCUT2D eigenvalue weighted by atomic mass is 9.91. The van der Waals surface area contributed by atoms with E-state index < -0.39 is 0 Å². The van der Waals surface area contributed by atoms with E-state index in [-0.39, 0.29) is 17.4 Å². The number of amides is 2. The first-order valence-electron chi connectivity index (χ1n) is 11.0. The molecular formula is C23H34N4O2. The molecule has 3 heterocycles. The van der Waals surface area contributed by atoms with Gasteiger partial charge in [-0.3, -0.25) is 19.4 Å². The number of piperazine rings is 2. The van der Waals surface area contributed by atoms with E-state index in [4.69, 9.17) is 0 Å². The Hall–Kier alpha value is -1.92. The molecule has 2 amide bonds. The first-order chi connectivity index (χ1) is 13.8. The summed E-state index contributed by atoms with van der Waals surface area (Å²) in [5.74, 6) is 0.336. The molecule has 0 N–H and O–H groups in total. The van der Waals surface area contributed by atoms with E-state index in [1.165, 1.54) is 0 Å². The van der Waals surface area contributed by atoms with Gasteiger partial charge in [0, 0.05) is 75.9 Å². The van der Waals surface area contributed by atoms with Crippen LogP contribution in [0.4, 0.5) is 0 Å². The number of carbonyl (C=O) groups is 2. The smallest absolute Gasteiger partial charge is 0.253 e. The first-order valence-corrected chi connectivity index (χ1v) is 11.0. The average Bonchev–Trinajstić information content (AvgIpc) is 2.73. The van der Waals surface area contributed by atoms with Gasteiger partial charge in [0.25, 0.3) is 5.91 Å². The van der Waals surface area contributed by atoms with E-state index in [0.29, 0.717) is 12.1 Å². The number of benzene rings is 1. The zero-order valence-corrected chi connectivity index (χ0v) is 18.0. The number of hydrogen-bond acceptors (Lipinski definition) is 4. The lowest BCUT2D eigenvalue weighted by Crippen LogP contribution is -2.71. The molecule has 3 aliphatic rings. The topological polar surface area (TPSA) is 47.1 Å². The van der Waals surface area contributed by atoms with Crippen LogP contribution >= 0.6 is 0 Å². The molecule has 3 aliphatic heterocycles. The molecule has 6 nitrogen and oxygen atoms in total. The molecule has 0 aromatic heterocycles. The number of carbonyl (C=O) groups excluding carboxylic acids is 2. The van der Waals surface area contributed by atoms with Crippen molar-refractivity contribution in [1.82, 2.24) is 19.6 Å². The number of piperidine rings is 1. The van der Waals surface area contributed by atoms with Gasteiger partial charge in [0.2, 0.25) is 5.91 Å². The molecule has 158 valence electrons. The van der Waals surface area contributed by atoms with Gasteiger partial charge in [-0.1, -0.05) is 18.2 Å². The van der Waals surface area contributed by atoms with E-state index in [1.54, 1.807) is 6.92 Å². The number of fused-ring (bicyclic) bond motifs is 1. The van der Waals surface area contributed by atoms with Crippen LogP contribution in [0.15, 0.2) is 30.3 Å². The van der Waals surface area contributed by atoms with Crippen molar-refractivity contribution in [3.8, 4) is 0 Å². The SMILES string of the molecule is CC(=O)N1CCC(N2CCN3[C@H](CN(C(=O)c4ccccc4)CC3(C)C)C2)CC1. The molecule has 0 bridgehead atoms. The predicted octanol–water partition coefficient (Wildman–Crippen LogP) is 1.92. The standard InChI is InChI=1S/C23H34N4O2/c1-18(28)24-11-9-20(10-12-24)25-13-14-27-21(15-25)16-26(17-23(27,2)3)22(29)19-7-5-4-6-8-19/h4-8,20-21H,9-17H2,1-3H3/t21-/m0/s1. The van der Waals surface area contributed by atoms with Crippen molar-refractivity contribution in [3.63, 3.8) is 0 Å². The Morgan fingerprint density at radius 3 is 2.24 bits per heavy atom. The summed E-state index contributed by atoms with van der Waals surface area (Å²) in [6, 6.07) is 10.6. The fraction of sp³-hybridized carbons (Fsp3) is 0.652. The third-order valence-corrected chi connectivity index (χ3v) is 7.03. The Kier molecular flexibility index (Phi) is 5.67. The highest BCUT2D eigenvalue weighted by Crippen LogP contribution is 2.30. The lowest BCUT2D eigenvalue weighted by molar-refractivity contribution is -0.130. The van der Waals surface area contributed by atoms with Gasteiger partial charge >= 0.3 is 0 Å². The summed E-state index contributed by atoms with van der Waals surface area (Å²) in [5, 5.41) is 0. The molecule has 0 aliphatic carbocycles. The van der Waals surface area contributed by atoms with Crippen LogP contribution < -0.4 is 0 Å². The van der Waals surface area contributed by atoms with Gasteiger partial charge in [-0.25, -0.2) is 0 Å². The second kappa shape index (κ2) is 8.07. The Bertz CT molecular complexity index is 743. The molecule has 1 atom stereocenters. The number of hydrogen-bond donors (Lipinski definition) is 0. The molecule has 1 aromatic rings. The number of nitrogens with zero attached hydrogens (tertiary/aromatic N) is 4. The Morgan fingerprint density at radius 2 is 1.59 bits per heavy atom. The number of likely N-dealkylation sites (tertiary alicyclic amines) is 1. The monoisotopic (exact) mass is 398 g/mol. The lowest BCUT2D eigenvalue weighted by Gasteiger charge is -2.56. The number of rotatable bonds is 2. The third kappa shape index (κ3) is 4.19. The van der Waals surface area contributed by atoms with E-state index in [2.05, 4.69) is 28.5 Å². The largest absolute Gasteiger partial charge is 0.343 e. The predicted molar refractivity (Wildman–Crippen MR) is 114 cm³/mol. The Labute approximate surface area is 174 Å². The van der Waals surface area contributed by atoms with Crippen LogP contribution in [0.3, 0.4) is 0 Å². The van der Waals surface area contributed by atoms with Crippen molar-refractivity contribution in [1.29, 1.82) is 0 Å². The highest BCUT2D eigenvalue weighted by atomic mass is 16.2. The summed E-state index contributed by atoms with van der Waals surface area (Å²) in [6.45, 7) is 12.7. The Balaban J connectivity index is 1.43. The zero-order chi connectivity index (χ0) is 20.6. The first kappa shape index (κ1) is 20.4. The second-order valence-corrected chi connectivity index (χ2v) is 9.44. The molecule has 3 fully saturated rings. The van der Waals surface area contributed by atoms with Crippen molar-refractivity contribution < 1.29 is 9.59 Å². The summed E-state index contributed by atoms with van der Waals surface area (Å²) in [6.07, 6.45) is 2.12. The molecule has 1 aromatic carbocycles. The molecule has 3 saturated heterocycles. The average molecular weight is 399 g/mol. The van der Waals surface area contributed by atoms with Gasteiger partial charge in [-0.15, -0.1) is 0 Å². The van der Waals surface area contributed by atoms with Crippen LogP contribution in [0.25, 0.3) is 0 Å². The highest BCUT2D eigenvalue weighted by molar-refractivity contribution is 5.94. The maximum absolute atomic E-state index is 13.1. The van der Waals surface area contributed by atoms with Gasteiger partial charge in [0.15, 0.2) is 0 Å². The molecule has 4 rings (SSSR count). The van der Waals surface area contributed by atoms with Crippen molar-refractivity contribution in [3.05, 3.63) is 35.9 Å². The summed E-state index contributed by atoms with van der Waals surface area (Å²) >= 11 is 0. The fourth-order valence-electron chi connectivity index (χ4n) is 5.50. The van der Waals surface area contributed by atoms with Crippen molar-refractivity contribution >= 4 is 11.8 Å². The van der Waals surface area contributed by atoms with Crippen LogP contribution in [0, 0.1) is 0 Å². The van der Waals surface area contributed by atoms with Crippen LogP contribution in [-0.4, -0.2) is 94.8 Å². The van der Waals surface area contributed by atoms with Crippen LogP contribution in [-0.2, 0) is 4.79 Å². The molecule has 0 saturated carbocycles. The van der Waals surface area contributed by atoms with E-state index in [1.807, 2.05) is 35.2 Å². The van der Waals surface area contributed by atoms with Gasteiger partial charge in [-0.05, 0) is 38.8 Å². The van der Waals surface area contributed by atoms with Crippen LogP contribution in [0.1, 0.15) is 44.0 Å². The van der Waals surface area contributed by atoms with E-state index >= 15 is 0 Å². The molecule has 0 unspecified atom stereocenters. The Morgan fingerprint density at radius 1 is 0.897 bits per heavy atom. The minimum absolute atomic E-state index is 0.0164.